The van der Waals surface area contributed by atoms with Gasteiger partial charge in [0.25, 0.3) is 0 Å². The first-order valence-electron chi connectivity index (χ1n) is 7.62. The lowest BCUT2D eigenvalue weighted by atomic mass is 9.96. The maximum atomic E-state index is 11.3. The van der Waals surface area contributed by atoms with Crippen molar-refractivity contribution in [1.29, 1.82) is 0 Å². The molecule has 0 unspecified atom stereocenters. The first-order chi connectivity index (χ1) is 10.9. The Kier molecular flexibility index (Phi) is 3.93. The average molecular weight is 316 g/mol. The molecule has 23 heavy (non-hydrogen) atoms. The first-order valence-corrected chi connectivity index (χ1v) is 7.62. The highest BCUT2D eigenvalue weighted by atomic mass is 16.5. The molecule has 0 aliphatic carbocycles. The lowest BCUT2D eigenvalue weighted by molar-refractivity contribution is -0.143. The molecule has 1 saturated heterocycles. The second kappa shape index (κ2) is 5.77. The van der Waals surface area contributed by atoms with Crippen LogP contribution in [-0.4, -0.2) is 27.7 Å². The van der Waals surface area contributed by atoms with E-state index in [0.29, 0.717) is 24.7 Å². The topological polar surface area (TPSA) is 85.5 Å². The number of carboxylic acid groups (broad SMARTS) is 1. The van der Waals surface area contributed by atoms with Crippen molar-refractivity contribution in [3.8, 4) is 11.3 Å². The fourth-order valence-electron chi connectivity index (χ4n) is 2.67. The van der Waals surface area contributed by atoms with Crippen LogP contribution in [-0.2, 0) is 14.9 Å². The summed E-state index contributed by atoms with van der Waals surface area (Å²) < 4.78 is 11.4. The minimum atomic E-state index is -0.840. The summed E-state index contributed by atoms with van der Waals surface area (Å²) in [5.74, 6) is -0.105. The molecular weight excluding hydrogens is 296 g/mol. The highest BCUT2D eigenvalue weighted by molar-refractivity contribution is 5.71. The molecule has 122 valence electrons. The fraction of sp³-hybridized carbons (Fsp3) is 0.471. The number of hydrogen-bond acceptors (Lipinski definition) is 5. The van der Waals surface area contributed by atoms with Gasteiger partial charge >= 0.3 is 5.97 Å². The molecule has 6 nitrogen and oxygen atoms in total. The van der Waals surface area contributed by atoms with Gasteiger partial charge in [-0.05, 0) is 12.5 Å². The number of nitrogens with zero attached hydrogens (tertiary/aromatic N) is 2. The third-order valence-electron chi connectivity index (χ3n) is 3.93. The van der Waals surface area contributed by atoms with Gasteiger partial charge in [0.1, 0.15) is 0 Å². The van der Waals surface area contributed by atoms with Gasteiger partial charge in [-0.15, -0.1) is 0 Å². The molecule has 0 amide bonds. The quantitative estimate of drug-likeness (QED) is 0.936. The number of ether oxygens (including phenoxy) is 1. The Morgan fingerprint density at radius 1 is 1.30 bits per heavy atom. The molecule has 0 radical (unpaired) electrons. The van der Waals surface area contributed by atoms with Gasteiger partial charge in [0.15, 0.2) is 11.7 Å². The van der Waals surface area contributed by atoms with Gasteiger partial charge in [-0.1, -0.05) is 20.8 Å². The maximum absolute atomic E-state index is 11.3. The lowest BCUT2D eigenvalue weighted by Gasteiger charge is -2.15. The maximum Gasteiger partial charge on any atom is 0.309 e. The van der Waals surface area contributed by atoms with Crippen LogP contribution in [0.3, 0.4) is 0 Å². The average Bonchev–Trinajstić information content (AvgIpc) is 3.16. The van der Waals surface area contributed by atoms with E-state index in [2.05, 4.69) is 9.97 Å². The van der Waals surface area contributed by atoms with Crippen molar-refractivity contribution < 1.29 is 19.1 Å². The van der Waals surface area contributed by atoms with Gasteiger partial charge in [-0.2, -0.15) is 0 Å². The van der Waals surface area contributed by atoms with Crippen LogP contribution in [0.2, 0.25) is 0 Å². The summed E-state index contributed by atoms with van der Waals surface area (Å²) in [7, 11) is 0. The van der Waals surface area contributed by atoms with E-state index in [-0.39, 0.29) is 5.41 Å². The number of aromatic nitrogens is 2. The van der Waals surface area contributed by atoms with E-state index in [1.807, 2.05) is 26.8 Å². The lowest BCUT2D eigenvalue weighted by Crippen LogP contribution is -2.17. The van der Waals surface area contributed by atoms with Crippen molar-refractivity contribution in [2.45, 2.75) is 38.7 Å². The number of hydrogen-bond donors (Lipinski definition) is 1. The molecular formula is C17H20N2O4. The van der Waals surface area contributed by atoms with E-state index in [4.69, 9.17) is 9.15 Å². The van der Waals surface area contributed by atoms with Crippen LogP contribution in [0.4, 0.5) is 0 Å². The molecule has 2 aromatic rings. The van der Waals surface area contributed by atoms with Crippen LogP contribution in [0.1, 0.15) is 44.8 Å². The summed E-state index contributed by atoms with van der Waals surface area (Å²) in [6, 6.07) is 1.87. The number of oxazole rings is 1. The normalized spacial score (nSPS) is 21.5. The second-order valence-corrected chi connectivity index (χ2v) is 6.81. The van der Waals surface area contributed by atoms with Crippen molar-refractivity contribution in [2.75, 3.05) is 6.61 Å². The van der Waals surface area contributed by atoms with E-state index >= 15 is 0 Å². The Hall–Kier alpha value is -2.21. The van der Waals surface area contributed by atoms with Crippen molar-refractivity contribution in [3.63, 3.8) is 0 Å². The molecule has 1 fully saturated rings. The summed E-state index contributed by atoms with van der Waals surface area (Å²) >= 11 is 0. The van der Waals surface area contributed by atoms with Crippen LogP contribution in [0.15, 0.2) is 29.1 Å². The molecule has 6 heteroatoms. The Balaban J connectivity index is 1.91. The molecule has 0 bridgehead atoms. The van der Waals surface area contributed by atoms with E-state index in [0.717, 1.165) is 11.1 Å². The third-order valence-corrected chi connectivity index (χ3v) is 3.93. The van der Waals surface area contributed by atoms with E-state index in [1.54, 1.807) is 18.6 Å². The van der Waals surface area contributed by atoms with Gasteiger partial charge in [0.05, 0.1) is 18.2 Å². The van der Waals surface area contributed by atoms with Gasteiger partial charge in [0, 0.05) is 35.5 Å². The number of pyridine rings is 1. The molecule has 2 aromatic heterocycles. The molecule has 3 heterocycles. The fourth-order valence-corrected chi connectivity index (χ4v) is 2.67. The van der Waals surface area contributed by atoms with E-state index < -0.39 is 18.0 Å². The van der Waals surface area contributed by atoms with Crippen LogP contribution in [0, 0.1) is 5.92 Å². The van der Waals surface area contributed by atoms with Crippen molar-refractivity contribution >= 4 is 5.97 Å². The van der Waals surface area contributed by atoms with Crippen molar-refractivity contribution in [1.82, 2.24) is 9.97 Å². The van der Waals surface area contributed by atoms with Gasteiger partial charge in [-0.25, -0.2) is 4.98 Å². The first kappa shape index (κ1) is 15.7. The van der Waals surface area contributed by atoms with Crippen molar-refractivity contribution in [2.24, 2.45) is 5.92 Å². The number of rotatable bonds is 3. The molecule has 2 atom stereocenters. The van der Waals surface area contributed by atoms with Gasteiger partial charge in [-0.3, -0.25) is 9.78 Å². The van der Waals surface area contributed by atoms with Gasteiger partial charge in [0.2, 0.25) is 0 Å². The van der Waals surface area contributed by atoms with Gasteiger partial charge < -0.3 is 14.3 Å². The molecule has 3 rings (SSSR count). The summed E-state index contributed by atoms with van der Waals surface area (Å²) in [6.45, 7) is 6.53. The van der Waals surface area contributed by atoms with Crippen LogP contribution in [0.5, 0.6) is 0 Å². The minimum Gasteiger partial charge on any atom is -0.481 e. The third kappa shape index (κ3) is 3.12. The summed E-state index contributed by atoms with van der Waals surface area (Å²) in [5, 5.41) is 9.30. The summed E-state index contributed by atoms with van der Waals surface area (Å²) in [5.41, 5.74) is 1.35. The largest absolute Gasteiger partial charge is 0.481 e. The summed E-state index contributed by atoms with van der Waals surface area (Å²) in [6.07, 6.45) is 5.05. The zero-order valence-corrected chi connectivity index (χ0v) is 13.4. The SMILES string of the molecule is CC(C)(C)c1ncc(-c2cncc([C@@H]3OCC[C@H]3C(=O)O)c2)o1. The van der Waals surface area contributed by atoms with E-state index in [1.165, 1.54) is 0 Å². The van der Waals surface area contributed by atoms with Crippen molar-refractivity contribution in [3.05, 3.63) is 36.1 Å². The predicted octanol–water partition coefficient (Wildman–Crippen LogP) is 3.20. The Bertz CT molecular complexity index is 717. The number of carbonyl (C=O) groups is 1. The standard InChI is InChI=1S/C17H20N2O4/c1-17(2,3)16-19-9-13(23-16)10-6-11(8-18-7-10)14-12(15(20)21)4-5-22-14/h6-9,12,14H,4-5H2,1-3H3,(H,20,21)/t12-,14+/m1/s1. The molecule has 0 saturated carbocycles. The molecule has 1 aliphatic rings. The molecule has 1 N–H and O–H groups in total. The highest BCUT2D eigenvalue weighted by Crippen LogP contribution is 2.36. The Labute approximate surface area is 134 Å². The molecule has 0 spiro atoms. The van der Waals surface area contributed by atoms with Crippen LogP contribution in [0.25, 0.3) is 11.3 Å². The van der Waals surface area contributed by atoms with Crippen LogP contribution < -0.4 is 0 Å². The minimum absolute atomic E-state index is 0.174. The second-order valence-electron chi connectivity index (χ2n) is 6.81. The van der Waals surface area contributed by atoms with E-state index in [9.17, 15) is 9.90 Å². The smallest absolute Gasteiger partial charge is 0.309 e. The van der Waals surface area contributed by atoms with Crippen LogP contribution >= 0.6 is 0 Å². The number of aliphatic carboxylic acids is 1. The summed E-state index contributed by atoms with van der Waals surface area (Å²) in [4.78, 5) is 19.8. The predicted molar refractivity (Wildman–Crippen MR) is 82.9 cm³/mol. The Morgan fingerprint density at radius 3 is 2.74 bits per heavy atom. The molecule has 1 aliphatic heterocycles. The highest BCUT2D eigenvalue weighted by Gasteiger charge is 2.35. The zero-order chi connectivity index (χ0) is 16.6. The zero-order valence-electron chi connectivity index (χ0n) is 13.4. The number of carboxylic acids is 1. The Morgan fingerprint density at radius 2 is 2.09 bits per heavy atom. The molecule has 0 aromatic carbocycles. The monoisotopic (exact) mass is 316 g/mol.